The summed E-state index contributed by atoms with van der Waals surface area (Å²) in [5.41, 5.74) is 2.13. The standard InChI is InChI=1S/C28H37ClN2O3/c1-3-26(28(33)30-24-8-5-4-6-9-24)31(20-22-13-15-23(29)16-14-22)27(32)10-7-19-34-25-17-11-21(2)12-18-25/h11-18,24,26H,3-10,19-20H2,1-2H3,(H,30,33). The van der Waals surface area contributed by atoms with Crippen LogP contribution >= 0.6 is 11.6 Å². The van der Waals surface area contributed by atoms with Crippen molar-refractivity contribution in [1.82, 2.24) is 10.2 Å². The summed E-state index contributed by atoms with van der Waals surface area (Å²) in [6.07, 6.45) is 7.05. The minimum Gasteiger partial charge on any atom is -0.494 e. The Kier molecular flexibility index (Phi) is 10.3. The number of carbonyl (C=O) groups excluding carboxylic acids is 2. The molecule has 2 aromatic rings. The van der Waals surface area contributed by atoms with Gasteiger partial charge in [-0.15, -0.1) is 0 Å². The van der Waals surface area contributed by atoms with E-state index in [0.717, 1.165) is 37.0 Å². The lowest BCUT2D eigenvalue weighted by atomic mass is 9.95. The maximum absolute atomic E-state index is 13.3. The van der Waals surface area contributed by atoms with Gasteiger partial charge in [-0.25, -0.2) is 0 Å². The number of hydrogen-bond acceptors (Lipinski definition) is 3. The molecular formula is C28H37ClN2O3. The summed E-state index contributed by atoms with van der Waals surface area (Å²) in [4.78, 5) is 28.3. The molecule has 6 heteroatoms. The van der Waals surface area contributed by atoms with Crippen LogP contribution in [-0.2, 0) is 16.1 Å². The molecule has 2 amide bonds. The molecule has 0 aliphatic heterocycles. The fraction of sp³-hybridized carbons (Fsp3) is 0.500. The highest BCUT2D eigenvalue weighted by Crippen LogP contribution is 2.20. The lowest BCUT2D eigenvalue weighted by Gasteiger charge is -2.33. The average Bonchev–Trinajstić information content (AvgIpc) is 2.84. The van der Waals surface area contributed by atoms with Crippen molar-refractivity contribution in [2.24, 2.45) is 0 Å². The van der Waals surface area contributed by atoms with Crippen LogP contribution in [0.25, 0.3) is 0 Å². The number of ether oxygens (including phenoxy) is 1. The Morgan fingerprint density at radius 1 is 1.06 bits per heavy atom. The van der Waals surface area contributed by atoms with Gasteiger partial charge in [-0.2, -0.15) is 0 Å². The van der Waals surface area contributed by atoms with E-state index in [1.165, 1.54) is 12.0 Å². The molecule has 3 rings (SSSR count). The summed E-state index contributed by atoms with van der Waals surface area (Å²) in [6.45, 7) is 4.83. The third-order valence-electron chi connectivity index (χ3n) is 6.43. The molecule has 2 aromatic carbocycles. The highest BCUT2D eigenvalue weighted by atomic mass is 35.5. The zero-order chi connectivity index (χ0) is 24.3. The molecule has 0 saturated heterocycles. The number of benzene rings is 2. The zero-order valence-electron chi connectivity index (χ0n) is 20.4. The number of nitrogens with one attached hydrogen (secondary N) is 1. The Hall–Kier alpha value is -2.53. The van der Waals surface area contributed by atoms with Crippen LogP contribution in [-0.4, -0.2) is 35.4 Å². The lowest BCUT2D eigenvalue weighted by molar-refractivity contribution is -0.142. The summed E-state index contributed by atoms with van der Waals surface area (Å²) < 4.78 is 5.79. The Labute approximate surface area is 208 Å². The minimum absolute atomic E-state index is 0.0342. The summed E-state index contributed by atoms with van der Waals surface area (Å²) in [5.74, 6) is 0.718. The van der Waals surface area contributed by atoms with Crippen LogP contribution in [0.5, 0.6) is 5.75 Å². The highest BCUT2D eigenvalue weighted by molar-refractivity contribution is 6.30. The van der Waals surface area contributed by atoms with E-state index in [1.807, 2.05) is 62.4 Å². The van der Waals surface area contributed by atoms with Gasteiger partial charge in [-0.3, -0.25) is 9.59 Å². The first kappa shape index (κ1) is 26.1. The van der Waals surface area contributed by atoms with Crippen LogP contribution in [0.2, 0.25) is 5.02 Å². The van der Waals surface area contributed by atoms with Crippen LogP contribution in [0, 0.1) is 6.92 Å². The van der Waals surface area contributed by atoms with Crippen molar-refractivity contribution in [1.29, 1.82) is 0 Å². The van der Waals surface area contributed by atoms with Gasteiger partial charge < -0.3 is 15.0 Å². The van der Waals surface area contributed by atoms with E-state index in [1.54, 1.807) is 4.90 Å². The highest BCUT2D eigenvalue weighted by Gasteiger charge is 2.30. The molecule has 0 spiro atoms. The molecule has 1 fully saturated rings. The second kappa shape index (κ2) is 13.4. The van der Waals surface area contributed by atoms with Gasteiger partial charge in [0.05, 0.1) is 6.61 Å². The molecule has 0 aromatic heterocycles. The van der Waals surface area contributed by atoms with Crippen molar-refractivity contribution in [2.75, 3.05) is 6.61 Å². The number of amides is 2. The van der Waals surface area contributed by atoms with E-state index >= 15 is 0 Å². The number of hydrogen-bond donors (Lipinski definition) is 1. The van der Waals surface area contributed by atoms with Gasteiger partial charge in [0.1, 0.15) is 11.8 Å². The molecule has 1 saturated carbocycles. The summed E-state index contributed by atoms with van der Waals surface area (Å²) in [6, 6.07) is 15.1. The third kappa shape index (κ3) is 8.05. The Morgan fingerprint density at radius 2 is 1.74 bits per heavy atom. The molecule has 1 aliphatic carbocycles. The predicted octanol–water partition coefficient (Wildman–Crippen LogP) is 6.06. The first-order valence-electron chi connectivity index (χ1n) is 12.5. The van der Waals surface area contributed by atoms with Crippen molar-refractivity contribution in [3.63, 3.8) is 0 Å². The summed E-state index contributed by atoms with van der Waals surface area (Å²) in [5, 5.41) is 3.86. The quantitative estimate of drug-likeness (QED) is 0.394. The molecule has 0 heterocycles. The fourth-order valence-electron chi connectivity index (χ4n) is 4.44. The monoisotopic (exact) mass is 484 g/mol. The van der Waals surface area contributed by atoms with Crippen LogP contribution < -0.4 is 10.1 Å². The van der Waals surface area contributed by atoms with Gasteiger partial charge in [0, 0.05) is 24.0 Å². The maximum atomic E-state index is 13.3. The number of halogens is 1. The molecule has 1 aliphatic rings. The van der Waals surface area contributed by atoms with Gasteiger partial charge in [-0.05, 0) is 62.4 Å². The van der Waals surface area contributed by atoms with E-state index in [0.29, 0.717) is 37.4 Å². The van der Waals surface area contributed by atoms with Gasteiger partial charge in [0.2, 0.25) is 11.8 Å². The van der Waals surface area contributed by atoms with Gasteiger partial charge in [-0.1, -0.05) is 67.6 Å². The summed E-state index contributed by atoms with van der Waals surface area (Å²) >= 11 is 6.04. The van der Waals surface area contributed by atoms with Crippen LogP contribution in [0.4, 0.5) is 0 Å². The van der Waals surface area contributed by atoms with Gasteiger partial charge >= 0.3 is 0 Å². The maximum Gasteiger partial charge on any atom is 0.243 e. The van der Waals surface area contributed by atoms with Crippen molar-refractivity contribution < 1.29 is 14.3 Å². The predicted molar refractivity (Wildman–Crippen MR) is 137 cm³/mol. The second-order valence-corrected chi connectivity index (χ2v) is 9.62. The lowest BCUT2D eigenvalue weighted by Crippen LogP contribution is -2.51. The van der Waals surface area contributed by atoms with E-state index in [-0.39, 0.29) is 17.9 Å². The van der Waals surface area contributed by atoms with E-state index in [2.05, 4.69) is 5.32 Å². The van der Waals surface area contributed by atoms with Gasteiger partial charge in [0.15, 0.2) is 0 Å². The van der Waals surface area contributed by atoms with Crippen molar-refractivity contribution in [2.45, 2.75) is 83.8 Å². The SMILES string of the molecule is CCC(C(=O)NC1CCCCC1)N(Cc1ccc(Cl)cc1)C(=O)CCCOc1ccc(C)cc1. The average molecular weight is 485 g/mol. The largest absolute Gasteiger partial charge is 0.494 e. The molecular weight excluding hydrogens is 448 g/mol. The number of rotatable bonds is 11. The smallest absolute Gasteiger partial charge is 0.243 e. The van der Waals surface area contributed by atoms with Crippen molar-refractivity contribution in [3.8, 4) is 5.75 Å². The normalized spacial score (nSPS) is 14.9. The first-order chi connectivity index (χ1) is 16.5. The Morgan fingerprint density at radius 3 is 2.38 bits per heavy atom. The number of carbonyl (C=O) groups is 2. The molecule has 0 bridgehead atoms. The molecule has 0 radical (unpaired) electrons. The van der Waals surface area contributed by atoms with E-state index < -0.39 is 6.04 Å². The third-order valence-corrected chi connectivity index (χ3v) is 6.68. The Bertz CT molecular complexity index is 908. The second-order valence-electron chi connectivity index (χ2n) is 9.18. The van der Waals surface area contributed by atoms with Crippen LogP contribution in [0.15, 0.2) is 48.5 Å². The summed E-state index contributed by atoms with van der Waals surface area (Å²) in [7, 11) is 0. The van der Waals surface area contributed by atoms with E-state index in [9.17, 15) is 9.59 Å². The molecule has 5 nitrogen and oxygen atoms in total. The zero-order valence-corrected chi connectivity index (χ0v) is 21.2. The fourth-order valence-corrected chi connectivity index (χ4v) is 4.57. The topological polar surface area (TPSA) is 58.6 Å². The van der Waals surface area contributed by atoms with Crippen LogP contribution in [0.3, 0.4) is 0 Å². The van der Waals surface area contributed by atoms with Crippen molar-refractivity contribution >= 4 is 23.4 Å². The number of nitrogens with zero attached hydrogens (tertiary/aromatic N) is 1. The first-order valence-corrected chi connectivity index (χ1v) is 12.9. The molecule has 1 atom stereocenters. The molecule has 34 heavy (non-hydrogen) atoms. The number of aryl methyl sites for hydroxylation is 1. The molecule has 1 unspecified atom stereocenters. The molecule has 1 N–H and O–H groups in total. The van der Waals surface area contributed by atoms with Crippen LogP contribution in [0.1, 0.15) is 69.4 Å². The van der Waals surface area contributed by atoms with E-state index in [4.69, 9.17) is 16.3 Å². The van der Waals surface area contributed by atoms with Crippen molar-refractivity contribution in [3.05, 3.63) is 64.7 Å². The molecule has 184 valence electrons. The minimum atomic E-state index is -0.497. The van der Waals surface area contributed by atoms with Gasteiger partial charge in [0.25, 0.3) is 0 Å². The Balaban J connectivity index is 1.63.